The van der Waals surface area contributed by atoms with E-state index in [-0.39, 0.29) is 11.9 Å². The van der Waals surface area contributed by atoms with Gasteiger partial charge in [-0.25, -0.2) is 4.98 Å². The van der Waals surface area contributed by atoms with Crippen LogP contribution in [0.25, 0.3) is 0 Å². The van der Waals surface area contributed by atoms with Gasteiger partial charge in [-0.3, -0.25) is 9.48 Å². The lowest BCUT2D eigenvalue weighted by Gasteiger charge is -2.16. The van der Waals surface area contributed by atoms with Crippen molar-refractivity contribution in [1.82, 2.24) is 20.1 Å². The number of nitrogens with zero attached hydrogens (tertiary/aromatic N) is 3. The quantitative estimate of drug-likeness (QED) is 0.833. The average molecular weight is 332 g/mol. The van der Waals surface area contributed by atoms with Crippen molar-refractivity contribution >= 4 is 5.91 Å². The number of carbonyl (C=O) groups excluding carboxylic acids is 1. The maximum atomic E-state index is 12.1. The van der Waals surface area contributed by atoms with Gasteiger partial charge in [-0.2, -0.15) is 5.10 Å². The third-order valence-corrected chi connectivity index (χ3v) is 4.62. The van der Waals surface area contributed by atoms with Crippen molar-refractivity contribution in [1.29, 1.82) is 0 Å². The van der Waals surface area contributed by atoms with Gasteiger partial charge in [0.1, 0.15) is 5.76 Å². The van der Waals surface area contributed by atoms with Gasteiger partial charge in [0.2, 0.25) is 5.91 Å². The van der Waals surface area contributed by atoms with Crippen LogP contribution in [-0.4, -0.2) is 37.9 Å². The van der Waals surface area contributed by atoms with E-state index >= 15 is 0 Å². The van der Waals surface area contributed by atoms with E-state index in [1.54, 1.807) is 6.20 Å². The lowest BCUT2D eigenvalue weighted by molar-refractivity contribution is -0.122. The number of aryl methyl sites for hydroxylation is 3. The standard InChI is InChI=1S/C17H24N4O3/c1-11-12(2)24-17(19-11)5-4-16(23)20-14-8-13(9-15(14)22)10-21-7-3-6-18-21/h3,6-7,13-15,22H,4-5,8-10H2,1-2H3,(H,20,23)/t13?,14-,15-/m1/s1. The minimum atomic E-state index is -0.499. The monoisotopic (exact) mass is 332 g/mol. The Kier molecular flexibility index (Phi) is 4.99. The number of hydrogen-bond donors (Lipinski definition) is 2. The average Bonchev–Trinajstić information content (AvgIpc) is 3.22. The van der Waals surface area contributed by atoms with Crippen molar-refractivity contribution in [2.45, 2.75) is 58.2 Å². The van der Waals surface area contributed by atoms with Crippen LogP contribution in [0.15, 0.2) is 22.9 Å². The van der Waals surface area contributed by atoms with Crippen LogP contribution in [0.3, 0.4) is 0 Å². The number of aliphatic hydroxyl groups excluding tert-OH is 1. The number of oxazole rings is 1. The predicted octanol–water partition coefficient (Wildman–Crippen LogP) is 1.38. The van der Waals surface area contributed by atoms with Gasteiger partial charge in [-0.05, 0) is 38.7 Å². The SMILES string of the molecule is Cc1nc(CCC(=O)N[C@@H]2CC(Cn3cccn3)C[C@H]2O)oc1C. The summed E-state index contributed by atoms with van der Waals surface area (Å²) in [6.07, 6.45) is 5.40. The molecule has 0 spiro atoms. The maximum absolute atomic E-state index is 12.1. The molecule has 0 aliphatic heterocycles. The summed E-state index contributed by atoms with van der Waals surface area (Å²) in [4.78, 5) is 16.4. The van der Waals surface area contributed by atoms with E-state index in [2.05, 4.69) is 15.4 Å². The fourth-order valence-electron chi connectivity index (χ4n) is 3.24. The van der Waals surface area contributed by atoms with Crippen LogP contribution in [0.2, 0.25) is 0 Å². The van der Waals surface area contributed by atoms with Gasteiger partial charge in [0.25, 0.3) is 0 Å². The van der Waals surface area contributed by atoms with E-state index in [0.717, 1.165) is 24.4 Å². The molecule has 2 aromatic rings. The second-order valence-corrected chi connectivity index (χ2v) is 6.56. The molecule has 3 rings (SSSR count). The zero-order valence-corrected chi connectivity index (χ0v) is 14.1. The van der Waals surface area contributed by atoms with Crippen LogP contribution in [-0.2, 0) is 17.8 Å². The van der Waals surface area contributed by atoms with Gasteiger partial charge < -0.3 is 14.8 Å². The van der Waals surface area contributed by atoms with Gasteiger partial charge in [0.15, 0.2) is 5.89 Å². The summed E-state index contributed by atoms with van der Waals surface area (Å²) >= 11 is 0. The van der Waals surface area contributed by atoms with Gasteiger partial charge >= 0.3 is 0 Å². The van der Waals surface area contributed by atoms with Crippen LogP contribution in [0.1, 0.15) is 36.6 Å². The number of aliphatic hydroxyl groups is 1. The Morgan fingerprint density at radius 1 is 1.46 bits per heavy atom. The predicted molar refractivity (Wildman–Crippen MR) is 87.2 cm³/mol. The van der Waals surface area contributed by atoms with Crippen molar-refractivity contribution < 1.29 is 14.3 Å². The number of aromatic nitrogens is 3. The molecule has 0 saturated heterocycles. The maximum Gasteiger partial charge on any atom is 0.220 e. The van der Waals surface area contributed by atoms with Gasteiger partial charge in [0, 0.05) is 31.8 Å². The molecule has 1 unspecified atom stereocenters. The highest BCUT2D eigenvalue weighted by atomic mass is 16.4. The first-order valence-electron chi connectivity index (χ1n) is 8.39. The Balaban J connectivity index is 1.45. The smallest absolute Gasteiger partial charge is 0.220 e. The highest BCUT2D eigenvalue weighted by Crippen LogP contribution is 2.27. The molecule has 1 saturated carbocycles. The Labute approximate surface area is 141 Å². The van der Waals surface area contributed by atoms with Crippen LogP contribution in [0.4, 0.5) is 0 Å². The zero-order chi connectivity index (χ0) is 17.1. The third-order valence-electron chi connectivity index (χ3n) is 4.62. The summed E-state index contributed by atoms with van der Waals surface area (Å²) in [5.41, 5.74) is 0.859. The van der Waals surface area contributed by atoms with Gasteiger partial charge in [0.05, 0.1) is 17.8 Å². The fraction of sp³-hybridized carbons (Fsp3) is 0.588. The van der Waals surface area contributed by atoms with E-state index in [4.69, 9.17) is 4.42 Å². The number of nitrogens with one attached hydrogen (secondary N) is 1. The van der Waals surface area contributed by atoms with Gasteiger partial charge in [-0.1, -0.05) is 0 Å². The van der Waals surface area contributed by atoms with E-state index in [9.17, 15) is 9.90 Å². The minimum absolute atomic E-state index is 0.0766. The third kappa shape index (κ3) is 4.03. The molecule has 0 radical (unpaired) electrons. The molecule has 24 heavy (non-hydrogen) atoms. The highest BCUT2D eigenvalue weighted by Gasteiger charge is 2.34. The molecule has 1 aliphatic rings. The molecule has 1 aliphatic carbocycles. The second kappa shape index (κ2) is 7.17. The van der Waals surface area contributed by atoms with E-state index in [1.165, 1.54) is 0 Å². The van der Waals surface area contributed by atoms with E-state index in [0.29, 0.717) is 31.1 Å². The molecule has 2 aromatic heterocycles. The normalized spacial score (nSPS) is 23.5. The Hall–Kier alpha value is -2.15. The first kappa shape index (κ1) is 16.7. The number of rotatable bonds is 6. The van der Waals surface area contributed by atoms with E-state index < -0.39 is 6.10 Å². The van der Waals surface area contributed by atoms with Crippen LogP contribution in [0.5, 0.6) is 0 Å². The number of hydrogen-bond acceptors (Lipinski definition) is 5. The molecular weight excluding hydrogens is 308 g/mol. The van der Waals surface area contributed by atoms with Crippen molar-refractivity contribution in [3.05, 3.63) is 35.8 Å². The number of carbonyl (C=O) groups is 1. The molecule has 2 heterocycles. The van der Waals surface area contributed by atoms with Crippen molar-refractivity contribution in [3.63, 3.8) is 0 Å². The topological polar surface area (TPSA) is 93.2 Å². The van der Waals surface area contributed by atoms with Crippen molar-refractivity contribution in [2.24, 2.45) is 5.92 Å². The first-order chi connectivity index (χ1) is 11.5. The largest absolute Gasteiger partial charge is 0.446 e. The summed E-state index contributed by atoms with van der Waals surface area (Å²) in [5, 5.41) is 17.3. The molecule has 1 amide bonds. The Morgan fingerprint density at radius 3 is 2.96 bits per heavy atom. The lowest BCUT2D eigenvalue weighted by atomic mass is 10.1. The molecule has 0 bridgehead atoms. The van der Waals surface area contributed by atoms with Gasteiger partial charge in [-0.15, -0.1) is 0 Å². The zero-order valence-electron chi connectivity index (χ0n) is 14.1. The molecule has 1 fully saturated rings. The summed E-state index contributed by atoms with van der Waals surface area (Å²) in [5.74, 6) is 1.62. The minimum Gasteiger partial charge on any atom is -0.446 e. The van der Waals surface area contributed by atoms with Crippen LogP contribution >= 0.6 is 0 Å². The van der Waals surface area contributed by atoms with E-state index in [1.807, 2.05) is 30.8 Å². The molecule has 7 nitrogen and oxygen atoms in total. The molecule has 2 N–H and O–H groups in total. The number of amides is 1. The first-order valence-corrected chi connectivity index (χ1v) is 8.39. The molecular formula is C17H24N4O3. The fourth-order valence-corrected chi connectivity index (χ4v) is 3.24. The lowest BCUT2D eigenvalue weighted by Crippen LogP contribution is -2.40. The summed E-state index contributed by atoms with van der Waals surface area (Å²) in [7, 11) is 0. The molecule has 130 valence electrons. The van der Waals surface area contributed by atoms with Crippen molar-refractivity contribution in [2.75, 3.05) is 0 Å². The Bertz CT molecular complexity index is 661. The summed E-state index contributed by atoms with van der Waals surface area (Å²) in [6, 6.07) is 1.70. The molecule has 0 aromatic carbocycles. The van der Waals surface area contributed by atoms with Crippen molar-refractivity contribution in [3.8, 4) is 0 Å². The molecule has 7 heteroatoms. The Morgan fingerprint density at radius 2 is 2.29 bits per heavy atom. The molecule has 3 atom stereocenters. The van der Waals surface area contributed by atoms with Crippen LogP contribution < -0.4 is 5.32 Å². The summed E-state index contributed by atoms with van der Waals surface area (Å²) in [6.45, 7) is 4.52. The van der Waals surface area contributed by atoms with Crippen LogP contribution in [0, 0.1) is 19.8 Å². The summed E-state index contributed by atoms with van der Waals surface area (Å²) < 4.78 is 7.35. The second-order valence-electron chi connectivity index (χ2n) is 6.56. The highest BCUT2D eigenvalue weighted by molar-refractivity contribution is 5.76.